The largest absolute Gasteiger partial charge is 0.493 e. The van der Waals surface area contributed by atoms with Crippen LogP contribution in [-0.2, 0) is 4.79 Å². The van der Waals surface area contributed by atoms with E-state index < -0.39 is 23.6 Å². The van der Waals surface area contributed by atoms with Gasteiger partial charge in [0.2, 0.25) is 5.75 Å². The third kappa shape index (κ3) is 7.09. The second-order valence-corrected chi connectivity index (χ2v) is 10.5. The quantitative estimate of drug-likeness (QED) is 0.272. The van der Waals surface area contributed by atoms with Crippen LogP contribution in [0.4, 0.5) is 0 Å². The Hall–Kier alpha value is -3.01. The molecule has 0 saturated carbocycles. The Kier molecular flexibility index (Phi) is 10.8. The van der Waals surface area contributed by atoms with Crippen molar-refractivity contribution >= 4 is 5.97 Å². The fourth-order valence-electron chi connectivity index (χ4n) is 3.84. The molecule has 2 rings (SSSR count). The van der Waals surface area contributed by atoms with Crippen LogP contribution in [0.5, 0.6) is 28.7 Å². The number of benzene rings is 2. The lowest BCUT2D eigenvalue weighted by atomic mass is 9.94. The number of methoxy groups -OCH3 is 3. The monoisotopic (exact) mass is 534 g/mol. The van der Waals surface area contributed by atoms with Gasteiger partial charge in [0.05, 0.1) is 39.5 Å². The molecular weight excluding hydrogens is 492 g/mol. The number of aliphatic hydroxyl groups is 3. The van der Waals surface area contributed by atoms with Crippen molar-refractivity contribution in [2.45, 2.75) is 59.7 Å². The second kappa shape index (κ2) is 13.2. The number of rotatable bonds is 12. The highest BCUT2D eigenvalue weighted by molar-refractivity contribution is 5.79. The molecule has 0 aromatic heterocycles. The first-order chi connectivity index (χ1) is 17.8. The van der Waals surface area contributed by atoms with Gasteiger partial charge in [-0.1, -0.05) is 13.8 Å². The molecule has 0 aliphatic heterocycles. The van der Waals surface area contributed by atoms with Crippen molar-refractivity contribution in [2.24, 2.45) is 11.3 Å². The fraction of sp³-hybridized carbons (Fsp3) is 0.552. The smallest absolute Gasteiger partial charge is 0.316 e. The molecule has 38 heavy (non-hydrogen) atoms. The zero-order chi connectivity index (χ0) is 28.8. The number of esters is 1. The first-order valence-electron chi connectivity index (χ1n) is 12.6. The van der Waals surface area contributed by atoms with Gasteiger partial charge in [0.15, 0.2) is 23.0 Å². The van der Waals surface area contributed by atoms with Crippen molar-refractivity contribution in [1.29, 1.82) is 0 Å². The molecule has 0 bridgehead atoms. The van der Waals surface area contributed by atoms with E-state index in [1.54, 1.807) is 52.0 Å². The van der Waals surface area contributed by atoms with Gasteiger partial charge >= 0.3 is 5.97 Å². The maximum atomic E-state index is 12.5. The zero-order valence-electron chi connectivity index (χ0n) is 23.8. The molecule has 0 aliphatic carbocycles. The highest BCUT2D eigenvalue weighted by atomic mass is 16.6. The Morgan fingerprint density at radius 2 is 1.34 bits per heavy atom. The minimum atomic E-state index is -0.875. The van der Waals surface area contributed by atoms with E-state index in [2.05, 4.69) is 0 Å². The van der Waals surface area contributed by atoms with Crippen molar-refractivity contribution in [2.75, 3.05) is 34.5 Å². The second-order valence-electron chi connectivity index (χ2n) is 10.5. The lowest BCUT2D eigenvalue weighted by molar-refractivity contribution is -0.143. The summed E-state index contributed by atoms with van der Waals surface area (Å²) < 4.78 is 28.5. The van der Waals surface area contributed by atoms with Crippen LogP contribution in [0.3, 0.4) is 0 Å². The van der Waals surface area contributed by atoms with E-state index in [9.17, 15) is 20.1 Å². The van der Waals surface area contributed by atoms with Crippen LogP contribution in [0.25, 0.3) is 0 Å². The van der Waals surface area contributed by atoms with E-state index in [-0.39, 0.29) is 30.8 Å². The zero-order valence-corrected chi connectivity index (χ0v) is 23.8. The van der Waals surface area contributed by atoms with Gasteiger partial charge < -0.3 is 39.0 Å². The summed E-state index contributed by atoms with van der Waals surface area (Å²) in [7, 11) is 4.44. The molecule has 9 nitrogen and oxygen atoms in total. The molecule has 4 unspecified atom stereocenters. The normalized spacial score (nSPS) is 14.7. The van der Waals surface area contributed by atoms with Crippen LogP contribution in [-0.4, -0.2) is 61.9 Å². The number of carbonyl (C=O) groups excluding carboxylic acids is 1. The van der Waals surface area contributed by atoms with E-state index in [1.807, 2.05) is 13.8 Å². The molecule has 0 amide bonds. The Morgan fingerprint density at radius 1 is 0.842 bits per heavy atom. The van der Waals surface area contributed by atoms with Crippen molar-refractivity contribution in [3.63, 3.8) is 0 Å². The first kappa shape index (κ1) is 31.2. The molecule has 3 N–H and O–H groups in total. The minimum Gasteiger partial charge on any atom is -0.493 e. The van der Waals surface area contributed by atoms with Crippen molar-refractivity contribution in [1.82, 2.24) is 0 Å². The summed E-state index contributed by atoms with van der Waals surface area (Å²) in [6, 6.07) is 6.90. The highest BCUT2D eigenvalue weighted by Gasteiger charge is 2.30. The van der Waals surface area contributed by atoms with Crippen LogP contribution in [0.1, 0.15) is 63.3 Å². The standard InChI is InChI=1S/C29H42O9/c1-16-10-20(25(32)17(2)14-30)13-21(34-7)26(16)37-24(15-31)18(3)19-11-22(35-8)27(23(12-19)36-9)38-28(33)29(4,5)6/h10-13,17-18,24-25,30-32H,14-15H2,1-9H3. The number of carbonyl (C=O) groups is 1. The van der Waals surface area contributed by atoms with Gasteiger partial charge in [-0.3, -0.25) is 4.79 Å². The fourth-order valence-corrected chi connectivity index (χ4v) is 3.84. The van der Waals surface area contributed by atoms with Gasteiger partial charge in [-0.25, -0.2) is 0 Å². The minimum absolute atomic E-state index is 0.161. The van der Waals surface area contributed by atoms with Gasteiger partial charge in [-0.05, 0) is 68.7 Å². The molecule has 9 heteroatoms. The average molecular weight is 535 g/mol. The molecule has 0 saturated heterocycles. The maximum absolute atomic E-state index is 12.5. The Bertz CT molecular complexity index is 1070. The van der Waals surface area contributed by atoms with Crippen molar-refractivity contribution in [3.8, 4) is 28.7 Å². The number of aryl methyl sites for hydroxylation is 1. The van der Waals surface area contributed by atoms with Crippen LogP contribution < -0.4 is 23.7 Å². The lowest BCUT2D eigenvalue weighted by Crippen LogP contribution is -2.28. The van der Waals surface area contributed by atoms with E-state index in [4.69, 9.17) is 23.7 Å². The summed E-state index contributed by atoms with van der Waals surface area (Å²) in [5.74, 6) is 0.490. The van der Waals surface area contributed by atoms with Crippen LogP contribution in [0, 0.1) is 18.3 Å². The summed E-state index contributed by atoms with van der Waals surface area (Å²) in [6.45, 7) is 10.3. The van der Waals surface area contributed by atoms with E-state index in [0.29, 0.717) is 34.1 Å². The first-order valence-corrected chi connectivity index (χ1v) is 12.6. The van der Waals surface area contributed by atoms with Crippen LogP contribution >= 0.6 is 0 Å². The molecule has 2 aromatic carbocycles. The topological polar surface area (TPSA) is 124 Å². The predicted octanol–water partition coefficient (Wildman–Crippen LogP) is 4.18. The summed E-state index contributed by atoms with van der Waals surface area (Å²) in [5.41, 5.74) is 1.30. The Morgan fingerprint density at radius 3 is 1.79 bits per heavy atom. The van der Waals surface area contributed by atoms with Crippen molar-refractivity contribution < 1.29 is 43.8 Å². The van der Waals surface area contributed by atoms with Crippen molar-refractivity contribution in [3.05, 3.63) is 41.0 Å². The van der Waals surface area contributed by atoms with Gasteiger partial charge in [0, 0.05) is 18.4 Å². The molecule has 4 atom stereocenters. The molecule has 0 heterocycles. The van der Waals surface area contributed by atoms with Gasteiger partial charge in [-0.2, -0.15) is 0 Å². The number of hydrogen-bond acceptors (Lipinski definition) is 9. The van der Waals surface area contributed by atoms with Crippen LogP contribution in [0.15, 0.2) is 24.3 Å². The molecule has 2 aromatic rings. The maximum Gasteiger partial charge on any atom is 0.316 e. The van der Waals surface area contributed by atoms with E-state index in [0.717, 1.165) is 5.56 Å². The predicted molar refractivity (Wildman–Crippen MR) is 143 cm³/mol. The third-order valence-corrected chi connectivity index (χ3v) is 6.47. The van der Waals surface area contributed by atoms with Gasteiger partial charge in [0.1, 0.15) is 6.10 Å². The summed E-state index contributed by atoms with van der Waals surface area (Å²) in [5, 5.41) is 30.3. The van der Waals surface area contributed by atoms with Gasteiger partial charge in [-0.15, -0.1) is 0 Å². The molecule has 0 aliphatic rings. The SMILES string of the molecule is COc1cc(C(O)C(C)CO)cc(C)c1OC(CO)C(C)c1cc(OC)c(OC(=O)C(C)(C)C)c(OC)c1. The number of hydrogen-bond donors (Lipinski definition) is 3. The molecule has 0 spiro atoms. The molecule has 212 valence electrons. The van der Waals surface area contributed by atoms with Crippen LogP contribution in [0.2, 0.25) is 0 Å². The average Bonchev–Trinajstić information content (AvgIpc) is 2.89. The number of ether oxygens (including phenoxy) is 5. The Balaban J connectivity index is 2.44. The summed E-state index contributed by atoms with van der Waals surface area (Å²) in [6.07, 6.45) is -1.56. The van der Waals surface area contributed by atoms with E-state index >= 15 is 0 Å². The molecular formula is C29H42O9. The van der Waals surface area contributed by atoms with E-state index in [1.165, 1.54) is 21.3 Å². The third-order valence-electron chi connectivity index (χ3n) is 6.47. The molecule has 0 fully saturated rings. The summed E-state index contributed by atoms with van der Waals surface area (Å²) in [4.78, 5) is 12.5. The lowest BCUT2D eigenvalue weighted by Gasteiger charge is -2.27. The number of aliphatic hydroxyl groups excluding tert-OH is 3. The Labute approximate surface area is 225 Å². The van der Waals surface area contributed by atoms with Gasteiger partial charge in [0.25, 0.3) is 0 Å². The highest BCUT2D eigenvalue weighted by Crippen LogP contribution is 2.43. The molecule has 0 radical (unpaired) electrons. The summed E-state index contributed by atoms with van der Waals surface area (Å²) >= 11 is 0.